The van der Waals surface area contributed by atoms with E-state index in [1.54, 1.807) is 0 Å². The normalized spacial score (nSPS) is 22.9. The molecule has 1 aliphatic carbocycles. The van der Waals surface area contributed by atoms with Gasteiger partial charge in [-0.3, -0.25) is 0 Å². The Labute approximate surface area is 129 Å². The Morgan fingerprint density at radius 2 is 1.71 bits per heavy atom. The number of hydrogen-bond donors (Lipinski definition) is 2. The minimum atomic E-state index is 0.342. The third-order valence-electron chi connectivity index (χ3n) is 5.65. The van der Waals surface area contributed by atoms with Gasteiger partial charge in [-0.2, -0.15) is 0 Å². The molecule has 0 atom stereocenters. The minimum absolute atomic E-state index is 0.342. The predicted octanol–water partition coefficient (Wildman–Crippen LogP) is 3.48. The molecular weight excluding hydrogens is 256 g/mol. The van der Waals surface area contributed by atoms with Crippen LogP contribution in [0.15, 0.2) is 30.3 Å². The molecule has 0 unspecified atom stereocenters. The maximum atomic E-state index is 3.85. The Balaban J connectivity index is 1.63. The summed E-state index contributed by atoms with van der Waals surface area (Å²) in [5.74, 6) is 0. The molecule has 21 heavy (non-hydrogen) atoms. The van der Waals surface area contributed by atoms with Crippen molar-refractivity contribution in [2.24, 2.45) is 5.41 Å². The van der Waals surface area contributed by atoms with Crippen LogP contribution in [0.2, 0.25) is 0 Å². The molecule has 2 N–H and O–H groups in total. The molecule has 0 amide bonds. The van der Waals surface area contributed by atoms with Gasteiger partial charge in [0.1, 0.15) is 0 Å². The molecule has 116 valence electrons. The standard InChI is InChI=1S/C19H30N2/c1-2-8-18(9-10-18)15-21-16-19(11-13-20-14-12-19)17-6-4-3-5-7-17/h3-7,20-21H,2,8-16H2,1H3. The van der Waals surface area contributed by atoms with E-state index >= 15 is 0 Å². The van der Waals surface area contributed by atoms with E-state index in [1.165, 1.54) is 50.6 Å². The van der Waals surface area contributed by atoms with E-state index < -0.39 is 0 Å². The van der Waals surface area contributed by atoms with Gasteiger partial charge in [0.15, 0.2) is 0 Å². The van der Waals surface area contributed by atoms with E-state index in [0.29, 0.717) is 10.8 Å². The highest BCUT2D eigenvalue weighted by Gasteiger charge is 2.42. The van der Waals surface area contributed by atoms with E-state index in [2.05, 4.69) is 47.9 Å². The monoisotopic (exact) mass is 286 g/mol. The summed E-state index contributed by atoms with van der Waals surface area (Å²) in [7, 11) is 0. The number of rotatable bonds is 7. The Kier molecular flexibility index (Phi) is 4.66. The van der Waals surface area contributed by atoms with E-state index in [9.17, 15) is 0 Å². The molecule has 1 heterocycles. The highest BCUT2D eigenvalue weighted by molar-refractivity contribution is 5.27. The second-order valence-electron chi connectivity index (χ2n) is 7.25. The molecule has 1 aliphatic heterocycles. The first-order valence-corrected chi connectivity index (χ1v) is 8.76. The molecule has 1 aromatic rings. The quantitative estimate of drug-likeness (QED) is 0.802. The molecule has 2 heteroatoms. The Morgan fingerprint density at radius 1 is 1.00 bits per heavy atom. The van der Waals surface area contributed by atoms with Gasteiger partial charge in [0, 0.05) is 18.5 Å². The second-order valence-corrected chi connectivity index (χ2v) is 7.25. The fourth-order valence-electron chi connectivity index (χ4n) is 4.05. The summed E-state index contributed by atoms with van der Waals surface area (Å²) in [5.41, 5.74) is 2.52. The van der Waals surface area contributed by atoms with Crippen LogP contribution < -0.4 is 10.6 Å². The Morgan fingerprint density at radius 3 is 2.33 bits per heavy atom. The Hall–Kier alpha value is -0.860. The topological polar surface area (TPSA) is 24.1 Å². The minimum Gasteiger partial charge on any atom is -0.317 e. The van der Waals surface area contributed by atoms with Gasteiger partial charge in [0.2, 0.25) is 0 Å². The average molecular weight is 286 g/mol. The highest BCUT2D eigenvalue weighted by Crippen LogP contribution is 2.49. The third kappa shape index (κ3) is 3.49. The first-order chi connectivity index (χ1) is 10.3. The maximum Gasteiger partial charge on any atom is 0.0102 e. The molecule has 2 nitrogen and oxygen atoms in total. The molecule has 0 radical (unpaired) electrons. The fourth-order valence-corrected chi connectivity index (χ4v) is 4.05. The molecular formula is C19H30N2. The van der Waals surface area contributed by atoms with Gasteiger partial charge >= 0.3 is 0 Å². The van der Waals surface area contributed by atoms with Gasteiger partial charge in [-0.15, -0.1) is 0 Å². The molecule has 0 spiro atoms. The van der Waals surface area contributed by atoms with Crippen molar-refractivity contribution >= 4 is 0 Å². The molecule has 3 rings (SSSR count). The molecule has 0 bridgehead atoms. The first-order valence-electron chi connectivity index (χ1n) is 8.76. The lowest BCUT2D eigenvalue weighted by Crippen LogP contribution is -2.47. The highest BCUT2D eigenvalue weighted by atomic mass is 14.9. The van der Waals surface area contributed by atoms with Crippen molar-refractivity contribution in [2.45, 2.75) is 50.9 Å². The summed E-state index contributed by atoms with van der Waals surface area (Å²) >= 11 is 0. The molecule has 2 aliphatic rings. The zero-order chi connectivity index (χ0) is 14.6. The van der Waals surface area contributed by atoms with Crippen molar-refractivity contribution in [3.63, 3.8) is 0 Å². The number of nitrogens with one attached hydrogen (secondary N) is 2. The van der Waals surface area contributed by atoms with Crippen molar-refractivity contribution in [3.8, 4) is 0 Å². The zero-order valence-electron chi connectivity index (χ0n) is 13.5. The van der Waals surface area contributed by atoms with Crippen LogP contribution in [0.4, 0.5) is 0 Å². The van der Waals surface area contributed by atoms with E-state index in [1.807, 2.05) is 0 Å². The summed E-state index contributed by atoms with van der Waals surface area (Å²) in [6.45, 7) is 6.98. The zero-order valence-corrected chi connectivity index (χ0v) is 13.5. The number of piperidine rings is 1. The van der Waals surface area contributed by atoms with Gasteiger partial charge in [-0.25, -0.2) is 0 Å². The van der Waals surface area contributed by atoms with Crippen molar-refractivity contribution in [3.05, 3.63) is 35.9 Å². The smallest absolute Gasteiger partial charge is 0.0102 e. The van der Waals surface area contributed by atoms with Crippen LogP contribution in [0, 0.1) is 5.41 Å². The molecule has 1 aromatic carbocycles. The fraction of sp³-hybridized carbons (Fsp3) is 0.684. The lowest BCUT2D eigenvalue weighted by atomic mass is 9.73. The van der Waals surface area contributed by atoms with Crippen molar-refractivity contribution in [1.82, 2.24) is 10.6 Å². The lowest BCUT2D eigenvalue weighted by Gasteiger charge is -2.39. The van der Waals surface area contributed by atoms with Gasteiger partial charge in [0.05, 0.1) is 0 Å². The van der Waals surface area contributed by atoms with Crippen molar-refractivity contribution < 1.29 is 0 Å². The average Bonchev–Trinajstić information content (AvgIpc) is 3.29. The van der Waals surface area contributed by atoms with Gasteiger partial charge in [-0.05, 0) is 56.2 Å². The van der Waals surface area contributed by atoms with Crippen LogP contribution >= 0.6 is 0 Å². The van der Waals surface area contributed by atoms with E-state index in [0.717, 1.165) is 19.6 Å². The molecule has 2 fully saturated rings. The maximum absolute atomic E-state index is 3.85. The molecule has 1 saturated heterocycles. The summed E-state index contributed by atoms with van der Waals surface area (Å²) in [6, 6.07) is 11.2. The van der Waals surface area contributed by atoms with Crippen LogP contribution in [-0.2, 0) is 5.41 Å². The Bertz CT molecular complexity index is 430. The van der Waals surface area contributed by atoms with E-state index in [-0.39, 0.29) is 0 Å². The van der Waals surface area contributed by atoms with E-state index in [4.69, 9.17) is 0 Å². The summed E-state index contributed by atoms with van der Waals surface area (Å²) in [5, 5.41) is 7.38. The molecule has 1 saturated carbocycles. The van der Waals surface area contributed by atoms with Crippen LogP contribution in [0.5, 0.6) is 0 Å². The van der Waals surface area contributed by atoms with Crippen LogP contribution in [0.25, 0.3) is 0 Å². The van der Waals surface area contributed by atoms with Crippen LogP contribution in [-0.4, -0.2) is 26.2 Å². The largest absolute Gasteiger partial charge is 0.317 e. The predicted molar refractivity (Wildman–Crippen MR) is 89.7 cm³/mol. The summed E-state index contributed by atoms with van der Waals surface area (Å²) < 4.78 is 0. The third-order valence-corrected chi connectivity index (χ3v) is 5.65. The van der Waals surface area contributed by atoms with Gasteiger partial charge in [-0.1, -0.05) is 43.7 Å². The number of benzene rings is 1. The van der Waals surface area contributed by atoms with Gasteiger partial charge < -0.3 is 10.6 Å². The second kappa shape index (κ2) is 6.50. The lowest BCUT2D eigenvalue weighted by molar-refractivity contribution is 0.281. The summed E-state index contributed by atoms with van der Waals surface area (Å²) in [4.78, 5) is 0. The van der Waals surface area contributed by atoms with Crippen molar-refractivity contribution in [2.75, 3.05) is 26.2 Å². The molecule has 0 aromatic heterocycles. The SMILES string of the molecule is CCCC1(CNCC2(c3ccccc3)CCNCC2)CC1. The van der Waals surface area contributed by atoms with Crippen molar-refractivity contribution in [1.29, 1.82) is 0 Å². The summed E-state index contributed by atoms with van der Waals surface area (Å²) in [6.07, 6.45) is 8.12. The van der Waals surface area contributed by atoms with Crippen LogP contribution in [0.3, 0.4) is 0 Å². The first kappa shape index (κ1) is 15.1. The van der Waals surface area contributed by atoms with Crippen LogP contribution in [0.1, 0.15) is 51.0 Å². The number of hydrogen-bond acceptors (Lipinski definition) is 2. The van der Waals surface area contributed by atoms with Gasteiger partial charge in [0.25, 0.3) is 0 Å².